The van der Waals surface area contributed by atoms with Gasteiger partial charge in [0, 0.05) is 41.8 Å². The number of amides is 1. The van der Waals surface area contributed by atoms with Crippen molar-refractivity contribution < 1.29 is 29.0 Å². The first-order chi connectivity index (χ1) is 20.1. The number of hydrogen-bond acceptors (Lipinski definition) is 5. The van der Waals surface area contributed by atoms with E-state index in [9.17, 15) is 24.3 Å². The summed E-state index contributed by atoms with van der Waals surface area (Å²) >= 11 is 0. The Morgan fingerprint density at radius 2 is 1.86 bits per heavy atom. The van der Waals surface area contributed by atoms with E-state index in [1.165, 1.54) is 5.57 Å². The molecule has 1 aromatic carbocycles. The Balaban J connectivity index is 1.03. The number of ether oxygens (including phenoxy) is 1. The third-order valence-corrected chi connectivity index (χ3v) is 11.4. The number of carbonyl (C=O) groups is 4. The van der Waals surface area contributed by atoms with E-state index in [0.29, 0.717) is 24.2 Å². The number of carboxylic acid groups (broad SMARTS) is 1. The molecule has 1 amide bonds. The molecule has 4 aliphatic rings. The Labute approximate surface area is 246 Å². The van der Waals surface area contributed by atoms with E-state index in [-0.39, 0.29) is 42.0 Å². The molecule has 0 unspecified atom stereocenters. The molecule has 0 radical (unpaired) electrons. The van der Waals surface area contributed by atoms with Gasteiger partial charge >= 0.3 is 11.9 Å². The highest BCUT2D eigenvalue weighted by Crippen LogP contribution is 2.65. The summed E-state index contributed by atoms with van der Waals surface area (Å²) in [6.07, 6.45) is 11.2. The SMILES string of the molecule is C[C@]12CC[C@@H]3[C@H](CCC4=CC(=O)CC[C@@]43C)[C@@H]1CC[C@H]2OC(=O)CCC(=O)N[C@@H](Cc1c[nH]c2ccccc12)C(=O)O. The van der Waals surface area contributed by atoms with Crippen molar-refractivity contribution in [3.63, 3.8) is 0 Å². The number of hydrogen-bond donors (Lipinski definition) is 3. The van der Waals surface area contributed by atoms with Crippen molar-refractivity contribution in [3.8, 4) is 0 Å². The summed E-state index contributed by atoms with van der Waals surface area (Å²) in [5.74, 6) is -0.0533. The first kappa shape index (κ1) is 28.7. The lowest BCUT2D eigenvalue weighted by molar-refractivity contribution is -0.160. The van der Waals surface area contributed by atoms with Crippen LogP contribution in [0.25, 0.3) is 10.9 Å². The highest BCUT2D eigenvalue weighted by molar-refractivity contribution is 5.91. The van der Waals surface area contributed by atoms with Gasteiger partial charge in [0.05, 0.1) is 6.42 Å². The van der Waals surface area contributed by atoms with Gasteiger partial charge in [-0.2, -0.15) is 0 Å². The number of H-pyrrole nitrogens is 1. The average molecular weight is 575 g/mol. The number of aliphatic carboxylic acids is 1. The van der Waals surface area contributed by atoms with E-state index in [0.717, 1.165) is 61.4 Å². The van der Waals surface area contributed by atoms with Crippen LogP contribution in [0.1, 0.15) is 83.6 Å². The quantitative estimate of drug-likeness (QED) is 0.357. The van der Waals surface area contributed by atoms with Gasteiger partial charge in [-0.3, -0.25) is 14.4 Å². The second-order valence-corrected chi connectivity index (χ2v) is 13.6. The number of aromatic nitrogens is 1. The topological polar surface area (TPSA) is 126 Å². The molecule has 7 atom stereocenters. The standard InChI is InChI=1S/C34H42N2O6/c1-33-15-13-22(37)18-21(33)7-8-24-25-9-10-29(34(25,2)16-14-26(24)33)42-31(39)12-11-30(38)36-28(32(40)41)17-20-19-35-27-6-4-3-5-23(20)27/h3-6,18-19,24-26,28-29,35H,7-17H2,1-2H3,(H,36,38)(H,40,41)/t24-,25+,26-,28+,29-,33+,34+/m1/s1. The summed E-state index contributed by atoms with van der Waals surface area (Å²) in [6, 6.07) is 6.53. The average Bonchev–Trinajstić information content (AvgIpc) is 3.52. The Morgan fingerprint density at radius 3 is 2.67 bits per heavy atom. The lowest BCUT2D eigenvalue weighted by Gasteiger charge is -2.57. The van der Waals surface area contributed by atoms with Crippen LogP contribution in [0.15, 0.2) is 42.1 Å². The zero-order chi connectivity index (χ0) is 29.6. The summed E-state index contributed by atoms with van der Waals surface area (Å²) in [5, 5.41) is 13.3. The Bertz CT molecular complexity index is 1440. The maximum atomic E-state index is 12.9. The molecule has 2 aromatic rings. The van der Waals surface area contributed by atoms with Gasteiger partial charge in [0.1, 0.15) is 12.1 Å². The smallest absolute Gasteiger partial charge is 0.326 e. The van der Waals surface area contributed by atoms with Crippen LogP contribution in [0, 0.1) is 28.6 Å². The number of esters is 1. The number of ketones is 1. The van der Waals surface area contributed by atoms with Crippen LogP contribution in [0.3, 0.4) is 0 Å². The highest BCUT2D eigenvalue weighted by atomic mass is 16.5. The van der Waals surface area contributed by atoms with Gasteiger partial charge in [0.15, 0.2) is 5.78 Å². The van der Waals surface area contributed by atoms with E-state index < -0.39 is 23.9 Å². The number of carbonyl (C=O) groups excluding carboxylic acids is 3. The van der Waals surface area contributed by atoms with E-state index in [2.05, 4.69) is 24.1 Å². The predicted molar refractivity (Wildman–Crippen MR) is 157 cm³/mol. The van der Waals surface area contributed by atoms with Gasteiger partial charge in [-0.15, -0.1) is 0 Å². The number of fused-ring (bicyclic) bond motifs is 6. The van der Waals surface area contributed by atoms with Crippen molar-refractivity contribution >= 4 is 34.5 Å². The van der Waals surface area contributed by atoms with Crippen molar-refractivity contribution in [2.75, 3.05) is 0 Å². The molecular formula is C34H42N2O6. The van der Waals surface area contributed by atoms with Crippen LogP contribution in [0.4, 0.5) is 0 Å². The Kier molecular flexibility index (Phi) is 7.52. The first-order valence-electron chi connectivity index (χ1n) is 15.6. The molecule has 8 nitrogen and oxygen atoms in total. The number of aromatic amines is 1. The molecule has 8 heteroatoms. The molecule has 3 N–H and O–H groups in total. The molecule has 0 saturated heterocycles. The monoisotopic (exact) mass is 574 g/mol. The molecule has 0 bridgehead atoms. The largest absolute Gasteiger partial charge is 0.480 e. The summed E-state index contributed by atoms with van der Waals surface area (Å²) in [5.41, 5.74) is 3.12. The van der Waals surface area contributed by atoms with Crippen molar-refractivity contribution in [1.29, 1.82) is 0 Å². The normalized spacial score (nSPS) is 32.7. The zero-order valence-corrected chi connectivity index (χ0v) is 24.6. The predicted octanol–water partition coefficient (Wildman–Crippen LogP) is 5.50. The maximum Gasteiger partial charge on any atom is 0.326 e. The van der Waals surface area contributed by atoms with Crippen LogP contribution < -0.4 is 5.32 Å². The van der Waals surface area contributed by atoms with Crippen molar-refractivity contribution in [2.45, 2.75) is 96.6 Å². The Hall–Kier alpha value is -3.42. The molecule has 224 valence electrons. The Morgan fingerprint density at radius 1 is 1.05 bits per heavy atom. The molecule has 0 spiro atoms. The molecule has 0 aliphatic heterocycles. The molecule has 1 aromatic heterocycles. The minimum atomic E-state index is -1.12. The summed E-state index contributed by atoms with van der Waals surface area (Å²) < 4.78 is 6.05. The number of benzene rings is 1. The van der Waals surface area contributed by atoms with Crippen LogP contribution in [0.5, 0.6) is 0 Å². The second-order valence-electron chi connectivity index (χ2n) is 13.6. The molecule has 1 heterocycles. The van der Waals surface area contributed by atoms with Crippen molar-refractivity contribution in [3.05, 3.63) is 47.7 Å². The van der Waals surface area contributed by atoms with Crippen LogP contribution >= 0.6 is 0 Å². The third kappa shape index (κ3) is 5.07. The van der Waals surface area contributed by atoms with E-state index in [4.69, 9.17) is 4.74 Å². The fourth-order valence-corrected chi connectivity index (χ4v) is 9.13. The number of carboxylic acids is 1. The lowest BCUT2D eigenvalue weighted by Crippen LogP contribution is -2.51. The molecule has 4 aliphatic carbocycles. The summed E-state index contributed by atoms with van der Waals surface area (Å²) in [7, 11) is 0. The van der Waals surface area contributed by atoms with Crippen LogP contribution in [-0.2, 0) is 30.3 Å². The second kappa shape index (κ2) is 11.0. The van der Waals surface area contributed by atoms with Gasteiger partial charge in [-0.1, -0.05) is 37.6 Å². The molecule has 6 rings (SSSR count). The van der Waals surface area contributed by atoms with E-state index in [1.54, 1.807) is 6.20 Å². The van der Waals surface area contributed by atoms with Gasteiger partial charge in [0.2, 0.25) is 5.91 Å². The lowest BCUT2D eigenvalue weighted by atomic mass is 9.47. The molecular weight excluding hydrogens is 532 g/mol. The number of para-hydroxylation sites is 1. The minimum Gasteiger partial charge on any atom is -0.480 e. The van der Waals surface area contributed by atoms with E-state index >= 15 is 0 Å². The number of nitrogens with one attached hydrogen (secondary N) is 2. The number of rotatable bonds is 8. The molecule has 42 heavy (non-hydrogen) atoms. The highest BCUT2D eigenvalue weighted by Gasteiger charge is 2.60. The zero-order valence-electron chi connectivity index (χ0n) is 24.6. The first-order valence-corrected chi connectivity index (χ1v) is 15.6. The maximum absolute atomic E-state index is 12.9. The fourth-order valence-electron chi connectivity index (χ4n) is 9.13. The van der Waals surface area contributed by atoms with Gasteiger partial charge in [-0.05, 0) is 85.8 Å². The van der Waals surface area contributed by atoms with E-state index in [1.807, 2.05) is 30.3 Å². The van der Waals surface area contributed by atoms with Gasteiger partial charge < -0.3 is 20.1 Å². The summed E-state index contributed by atoms with van der Waals surface area (Å²) in [6.45, 7) is 4.66. The van der Waals surface area contributed by atoms with Crippen molar-refractivity contribution in [1.82, 2.24) is 10.3 Å². The van der Waals surface area contributed by atoms with Crippen LogP contribution in [0.2, 0.25) is 0 Å². The van der Waals surface area contributed by atoms with Gasteiger partial charge in [0.25, 0.3) is 0 Å². The molecule has 3 fully saturated rings. The minimum absolute atomic E-state index is 0.0745. The number of allylic oxidation sites excluding steroid dienone is 1. The fraction of sp³-hybridized carbons (Fsp3) is 0.588. The summed E-state index contributed by atoms with van der Waals surface area (Å²) in [4.78, 5) is 52.8. The van der Waals surface area contributed by atoms with Gasteiger partial charge in [-0.25, -0.2) is 4.79 Å². The molecule has 3 saturated carbocycles. The van der Waals surface area contributed by atoms with Crippen LogP contribution in [-0.4, -0.2) is 45.9 Å². The van der Waals surface area contributed by atoms with Crippen molar-refractivity contribution in [2.24, 2.45) is 28.6 Å². The third-order valence-electron chi connectivity index (χ3n) is 11.4.